The molecule has 4 heterocycles. The lowest BCUT2D eigenvalue weighted by Gasteiger charge is -2.41. The van der Waals surface area contributed by atoms with Crippen molar-refractivity contribution in [3.05, 3.63) is 213 Å². The zero-order valence-electron chi connectivity index (χ0n) is 33.7. The quantitative estimate of drug-likeness (QED) is 0.179. The Morgan fingerprint density at radius 2 is 0.759 bits per heavy atom. The van der Waals surface area contributed by atoms with Gasteiger partial charge in [0.1, 0.15) is 22.7 Å². The second-order valence-corrected chi connectivity index (χ2v) is 16.4. The summed E-state index contributed by atoms with van der Waals surface area (Å²) in [6, 6.07) is 52.9. The lowest BCUT2D eigenvalue weighted by atomic mass is 9.74. The zero-order valence-corrected chi connectivity index (χ0v) is 33.7. The molecule has 0 spiro atoms. The average molecular weight is 753 g/mol. The Bertz CT molecular complexity index is 2850. The fourth-order valence-electron chi connectivity index (χ4n) is 10.5. The minimum Gasteiger partial charge on any atom is -0.458 e. The molecule has 0 N–H and O–H groups in total. The van der Waals surface area contributed by atoms with Crippen molar-refractivity contribution in [2.45, 2.75) is 53.4 Å². The minimum atomic E-state index is -0.161. The van der Waals surface area contributed by atoms with Gasteiger partial charge in [-0.1, -0.05) is 96.1 Å². The third kappa shape index (κ3) is 5.00. The molecule has 0 aliphatic carbocycles. The summed E-state index contributed by atoms with van der Waals surface area (Å²) in [5.74, 6) is 1.61. The van der Waals surface area contributed by atoms with E-state index in [9.17, 15) is 0 Å². The van der Waals surface area contributed by atoms with E-state index < -0.39 is 0 Å². The average Bonchev–Trinajstić information content (AvgIpc) is 3.79. The van der Waals surface area contributed by atoms with Crippen LogP contribution in [0, 0.1) is 41.5 Å². The number of para-hydroxylation sites is 4. The van der Waals surface area contributed by atoms with Gasteiger partial charge in [0.2, 0.25) is 0 Å². The third-order valence-electron chi connectivity index (χ3n) is 12.5. The van der Waals surface area contributed by atoms with E-state index >= 15 is 0 Å². The smallest absolute Gasteiger partial charge is 0.141 e. The summed E-state index contributed by atoms with van der Waals surface area (Å²) in [6.07, 6.45) is 0. The molecule has 2 aliphatic rings. The zero-order chi connectivity index (χ0) is 39.4. The minimum absolute atomic E-state index is 0.161. The Morgan fingerprint density at radius 1 is 0.397 bits per heavy atom. The van der Waals surface area contributed by atoms with Crippen LogP contribution < -0.4 is 9.80 Å². The number of aryl methyl sites for hydroxylation is 6. The number of furan rings is 2. The first kappa shape index (κ1) is 34.5. The highest BCUT2D eigenvalue weighted by Gasteiger charge is 2.44. The number of nitrogens with zero attached hydrogens (tertiary/aromatic N) is 2. The van der Waals surface area contributed by atoms with Gasteiger partial charge >= 0.3 is 0 Å². The normalized spacial score (nSPS) is 15.7. The standard InChI is InChI=1S/C54H44N2O2/c1-31-25-33(3)47(34(4)26-31)49-41-29-42-44(30-43(41)55(37-17-9-7-10-18-37)51-39-21-13-15-23-45(39)57-53(49)51)56(38-19-11-8-12-20-38)52-40-22-14-16-24-46(40)58-54(52)50(42)48-35(5)27-32(2)28-36(48)6/h7-30,49-50H,1-6H3. The van der Waals surface area contributed by atoms with Crippen LogP contribution in [0.2, 0.25) is 0 Å². The first-order valence-corrected chi connectivity index (χ1v) is 20.3. The molecule has 2 aromatic heterocycles. The van der Waals surface area contributed by atoms with Crippen molar-refractivity contribution in [1.82, 2.24) is 0 Å². The highest BCUT2D eigenvalue weighted by Crippen LogP contribution is 2.62. The van der Waals surface area contributed by atoms with Crippen LogP contribution in [0.4, 0.5) is 34.1 Å². The Hall–Kier alpha value is -6.78. The number of hydrogen-bond acceptors (Lipinski definition) is 4. The van der Waals surface area contributed by atoms with Gasteiger partial charge in [0.15, 0.2) is 0 Å². The first-order chi connectivity index (χ1) is 28.3. The van der Waals surface area contributed by atoms with Crippen LogP contribution in [0.5, 0.6) is 0 Å². The van der Waals surface area contributed by atoms with Gasteiger partial charge in [-0.05, 0) is 147 Å². The highest BCUT2D eigenvalue weighted by molar-refractivity contribution is 6.05. The number of benzene rings is 7. The summed E-state index contributed by atoms with van der Waals surface area (Å²) in [5.41, 5.74) is 21.0. The molecule has 2 unspecified atom stereocenters. The number of anilines is 6. The molecule has 0 saturated carbocycles. The van der Waals surface area contributed by atoms with E-state index in [-0.39, 0.29) is 11.8 Å². The van der Waals surface area contributed by atoms with Crippen molar-refractivity contribution >= 4 is 56.1 Å². The number of hydrogen-bond donors (Lipinski definition) is 0. The molecule has 0 radical (unpaired) electrons. The first-order valence-electron chi connectivity index (χ1n) is 20.3. The maximum absolute atomic E-state index is 7.13. The number of rotatable bonds is 4. The molecule has 0 fully saturated rings. The summed E-state index contributed by atoms with van der Waals surface area (Å²) in [6.45, 7) is 13.4. The second-order valence-electron chi connectivity index (χ2n) is 16.4. The van der Waals surface area contributed by atoms with Gasteiger partial charge in [0, 0.05) is 22.1 Å². The molecule has 0 bridgehead atoms. The van der Waals surface area contributed by atoms with Gasteiger partial charge < -0.3 is 18.6 Å². The predicted octanol–water partition coefficient (Wildman–Crippen LogP) is 15.0. The van der Waals surface area contributed by atoms with Crippen LogP contribution in [-0.4, -0.2) is 0 Å². The van der Waals surface area contributed by atoms with Crippen molar-refractivity contribution in [2.75, 3.05) is 9.80 Å². The van der Waals surface area contributed by atoms with Crippen LogP contribution in [0.15, 0.2) is 154 Å². The molecule has 58 heavy (non-hydrogen) atoms. The topological polar surface area (TPSA) is 32.8 Å². The Labute approximate surface area is 339 Å². The number of fused-ring (bicyclic) bond motifs is 8. The Kier molecular flexibility index (Phi) is 7.65. The molecule has 0 amide bonds. The summed E-state index contributed by atoms with van der Waals surface area (Å²) in [5, 5.41) is 2.20. The maximum Gasteiger partial charge on any atom is 0.141 e. The molecule has 4 heteroatoms. The molecular formula is C54H44N2O2. The fourth-order valence-corrected chi connectivity index (χ4v) is 10.5. The third-order valence-corrected chi connectivity index (χ3v) is 12.5. The lowest BCUT2D eigenvalue weighted by molar-refractivity contribution is 0.533. The van der Waals surface area contributed by atoms with Crippen molar-refractivity contribution in [2.24, 2.45) is 0 Å². The molecule has 2 atom stereocenters. The fraction of sp³-hybridized carbons (Fsp3) is 0.148. The molecule has 282 valence electrons. The maximum atomic E-state index is 7.13. The predicted molar refractivity (Wildman–Crippen MR) is 239 cm³/mol. The van der Waals surface area contributed by atoms with Crippen molar-refractivity contribution in [1.29, 1.82) is 0 Å². The highest BCUT2D eigenvalue weighted by atomic mass is 16.3. The molecular weight excluding hydrogens is 709 g/mol. The van der Waals surface area contributed by atoms with Gasteiger partial charge in [-0.2, -0.15) is 0 Å². The van der Waals surface area contributed by atoms with E-state index in [0.717, 1.165) is 67.6 Å². The summed E-state index contributed by atoms with van der Waals surface area (Å²) in [7, 11) is 0. The van der Waals surface area contributed by atoms with Gasteiger partial charge in [0.25, 0.3) is 0 Å². The van der Waals surface area contributed by atoms with E-state index in [1.54, 1.807) is 0 Å². The molecule has 9 aromatic rings. The van der Waals surface area contributed by atoms with E-state index in [0.29, 0.717) is 0 Å². The Morgan fingerprint density at radius 3 is 1.16 bits per heavy atom. The molecule has 0 saturated heterocycles. The van der Waals surface area contributed by atoms with E-state index in [4.69, 9.17) is 8.83 Å². The van der Waals surface area contributed by atoms with Crippen LogP contribution in [0.3, 0.4) is 0 Å². The van der Waals surface area contributed by atoms with E-state index in [1.807, 2.05) is 0 Å². The van der Waals surface area contributed by atoms with Crippen LogP contribution in [0.25, 0.3) is 21.9 Å². The monoisotopic (exact) mass is 752 g/mol. The molecule has 4 nitrogen and oxygen atoms in total. The van der Waals surface area contributed by atoms with Gasteiger partial charge in [-0.15, -0.1) is 0 Å². The molecule has 11 rings (SSSR count). The van der Waals surface area contributed by atoms with Gasteiger partial charge in [0.05, 0.1) is 34.6 Å². The van der Waals surface area contributed by atoms with Crippen LogP contribution >= 0.6 is 0 Å². The van der Waals surface area contributed by atoms with E-state index in [2.05, 4.69) is 197 Å². The molecule has 2 aliphatic heterocycles. The summed E-state index contributed by atoms with van der Waals surface area (Å²) >= 11 is 0. The summed E-state index contributed by atoms with van der Waals surface area (Å²) < 4.78 is 14.3. The van der Waals surface area contributed by atoms with Gasteiger partial charge in [-0.3, -0.25) is 0 Å². The SMILES string of the molecule is Cc1cc(C)c(C2c3cc4c(cc3N(c3ccccc3)c3c2oc2ccccc32)N(c2ccccc2)c2c(oc3ccccc23)C4c2c(C)cc(C)cc2C)c(C)c1. The molecule has 7 aromatic carbocycles. The van der Waals surface area contributed by atoms with Crippen molar-refractivity contribution in [3.8, 4) is 0 Å². The second kappa shape index (κ2) is 12.9. The van der Waals surface area contributed by atoms with Gasteiger partial charge in [-0.25, -0.2) is 0 Å². The van der Waals surface area contributed by atoms with Crippen LogP contribution in [0.1, 0.15) is 79.0 Å². The van der Waals surface area contributed by atoms with E-state index in [1.165, 1.54) is 55.6 Å². The van der Waals surface area contributed by atoms with Crippen molar-refractivity contribution in [3.63, 3.8) is 0 Å². The lowest BCUT2D eigenvalue weighted by Crippen LogP contribution is -2.27. The van der Waals surface area contributed by atoms with Crippen LogP contribution in [-0.2, 0) is 0 Å². The van der Waals surface area contributed by atoms with Crippen molar-refractivity contribution < 1.29 is 8.83 Å². The summed E-state index contributed by atoms with van der Waals surface area (Å²) in [4.78, 5) is 4.91. The largest absolute Gasteiger partial charge is 0.458 e. The Balaban J connectivity index is 1.32.